The summed E-state index contributed by atoms with van der Waals surface area (Å²) in [4.78, 5) is 0. The standard InChI is InChI=1S/C68H42/c1-68(2,3)58-23-11-10-20-41(58)40-24-25-42-45-26-27-46-48-30-32-51-65-52(33-31-49(64(48)65)47-28-29-50(53(42)34-40)62(45)63(46)47)67-61(39-16-8-5-9-17-39)57-36-55-44-22-13-19-37-18-12-21-43(59(37)44)54(55)35-56(57)60(66(51)67)38-14-6-4-7-15-38/h4-36H,1-3H3. The minimum atomic E-state index is 0.0403. The number of benzene rings is 13. The first-order valence-electron chi connectivity index (χ1n) is 24.2. The van der Waals surface area contributed by atoms with Gasteiger partial charge in [-0.05, 0) is 193 Å². The maximum atomic E-state index is 2.54. The second-order valence-corrected chi connectivity index (χ2v) is 20.6. The summed E-state index contributed by atoms with van der Waals surface area (Å²) in [6.45, 7) is 6.95. The Morgan fingerprint density at radius 2 is 0.691 bits per heavy atom. The summed E-state index contributed by atoms with van der Waals surface area (Å²) in [5, 5.41) is 26.7. The molecule has 0 spiro atoms. The molecule has 1 aliphatic rings. The van der Waals surface area contributed by atoms with Gasteiger partial charge in [0.05, 0.1) is 0 Å². The Balaban J connectivity index is 1.04. The van der Waals surface area contributed by atoms with Crippen LogP contribution in [0.3, 0.4) is 0 Å². The minimum Gasteiger partial charge on any atom is -0.0622 e. The predicted molar refractivity (Wildman–Crippen MR) is 294 cm³/mol. The number of hydrogen-bond donors (Lipinski definition) is 0. The van der Waals surface area contributed by atoms with Crippen molar-refractivity contribution in [3.05, 3.63) is 206 Å². The highest BCUT2D eigenvalue weighted by molar-refractivity contribution is 6.47. The third kappa shape index (κ3) is 4.56. The van der Waals surface area contributed by atoms with Crippen LogP contribution in [0.5, 0.6) is 0 Å². The molecule has 0 heterocycles. The van der Waals surface area contributed by atoms with E-state index in [0.717, 1.165) is 0 Å². The number of rotatable bonds is 3. The third-order valence-corrected chi connectivity index (χ3v) is 16.1. The molecule has 0 saturated heterocycles. The molecule has 0 amide bonds. The summed E-state index contributed by atoms with van der Waals surface area (Å²) in [5.41, 5.74) is 14.5. The molecule has 0 aliphatic heterocycles. The summed E-state index contributed by atoms with van der Waals surface area (Å²) < 4.78 is 0. The Morgan fingerprint density at radius 1 is 0.235 bits per heavy atom. The summed E-state index contributed by atoms with van der Waals surface area (Å²) >= 11 is 0. The maximum Gasteiger partial charge on any atom is -0.000740 e. The van der Waals surface area contributed by atoms with Crippen molar-refractivity contribution in [3.63, 3.8) is 0 Å². The van der Waals surface area contributed by atoms with Crippen molar-refractivity contribution in [1.82, 2.24) is 0 Å². The Labute approximate surface area is 393 Å². The Morgan fingerprint density at radius 3 is 1.26 bits per heavy atom. The summed E-state index contributed by atoms with van der Waals surface area (Å²) in [7, 11) is 0. The molecule has 0 unspecified atom stereocenters. The maximum absolute atomic E-state index is 2.54. The van der Waals surface area contributed by atoms with Crippen molar-refractivity contribution < 1.29 is 0 Å². The number of hydrogen-bond acceptors (Lipinski definition) is 0. The van der Waals surface area contributed by atoms with Gasteiger partial charge in [-0.2, -0.15) is 0 Å². The first kappa shape index (κ1) is 36.8. The fourth-order valence-electron chi connectivity index (χ4n) is 13.4. The molecule has 0 bridgehead atoms. The van der Waals surface area contributed by atoms with Gasteiger partial charge in [-0.1, -0.05) is 203 Å². The van der Waals surface area contributed by atoms with E-state index in [0.29, 0.717) is 0 Å². The molecule has 16 rings (SSSR count). The van der Waals surface area contributed by atoms with E-state index >= 15 is 0 Å². The summed E-state index contributed by atoms with van der Waals surface area (Å²) in [5.74, 6) is 0. The highest BCUT2D eigenvalue weighted by Gasteiger charge is 2.30. The molecule has 0 fully saturated rings. The minimum absolute atomic E-state index is 0.0403. The molecule has 0 aromatic heterocycles. The van der Waals surface area contributed by atoms with E-state index in [9.17, 15) is 0 Å². The van der Waals surface area contributed by atoms with Crippen LogP contribution < -0.4 is 0 Å². The fraction of sp³-hybridized carbons (Fsp3) is 0.0588. The molecule has 314 valence electrons. The van der Waals surface area contributed by atoms with Crippen molar-refractivity contribution in [1.29, 1.82) is 0 Å². The normalized spacial score (nSPS) is 12.9. The van der Waals surface area contributed by atoms with Gasteiger partial charge in [0.15, 0.2) is 0 Å². The molecule has 0 saturated carbocycles. The molecule has 0 atom stereocenters. The Bertz CT molecular complexity index is 4460. The van der Waals surface area contributed by atoms with Crippen LogP contribution in [0, 0.1) is 0 Å². The molecular formula is C68H42. The van der Waals surface area contributed by atoms with Crippen LogP contribution in [0.25, 0.3) is 163 Å². The lowest BCUT2D eigenvalue weighted by atomic mass is 9.81. The average molecular weight is 859 g/mol. The monoisotopic (exact) mass is 858 g/mol. The Hall–Kier alpha value is -8.32. The van der Waals surface area contributed by atoms with E-state index < -0.39 is 0 Å². The van der Waals surface area contributed by atoms with E-state index in [2.05, 4.69) is 221 Å². The van der Waals surface area contributed by atoms with Crippen LogP contribution >= 0.6 is 0 Å². The first-order valence-corrected chi connectivity index (χ1v) is 24.2. The largest absolute Gasteiger partial charge is 0.0622 e. The first-order chi connectivity index (χ1) is 33.4. The van der Waals surface area contributed by atoms with Crippen molar-refractivity contribution >= 4 is 108 Å². The average Bonchev–Trinajstić information content (AvgIpc) is 4.01. The molecular weight excluding hydrogens is 817 g/mol. The lowest BCUT2D eigenvalue weighted by Crippen LogP contribution is -2.12. The molecule has 0 radical (unpaired) electrons. The van der Waals surface area contributed by atoms with E-state index in [1.165, 1.54) is 169 Å². The lowest BCUT2D eigenvalue weighted by Gasteiger charge is -2.23. The van der Waals surface area contributed by atoms with Crippen molar-refractivity contribution in [3.8, 4) is 55.6 Å². The van der Waals surface area contributed by atoms with Crippen molar-refractivity contribution in [2.75, 3.05) is 0 Å². The van der Waals surface area contributed by atoms with Crippen LogP contribution in [0.15, 0.2) is 200 Å². The number of fused-ring (bicyclic) bond motifs is 12. The van der Waals surface area contributed by atoms with Crippen LogP contribution in [-0.4, -0.2) is 0 Å². The van der Waals surface area contributed by atoms with Gasteiger partial charge in [-0.25, -0.2) is 0 Å². The van der Waals surface area contributed by atoms with Gasteiger partial charge >= 0.3 is 0 Å². The SMILES string of the molecule is CC(C)(C)c1ccccc1-c1ccc2c(c1)-c1ccc3c4ccc5c6c(-c7ccccc7)c7cc8c(cc7c(-c7ccccc7)c6c6ccc(c7ccc-2c1c73)c4c65)c1cccc2cccc8c21. The second-order valence-electron chi connectivity index (χ2n) is 20.6. The van der Waals surface area contributed by atoms with Crippen LogP contribution in [0.1, 0.15) is 26.3 Å². The van der Waals surface area contributed by atoms with E-state index in [-0.39, 0.29) is 5.41 Å². The molecule has 0 N–H and O–H groups in total. The Kier molecular flexibility index (Phi) is 6.92. The van der Waals surface area contributed by atoms with Gasteiger partial charge < -0.3 is 0 Å². The highest BCUT2D eigenvalue weighted by Crippen LogP contribution is 2.57. The molecule has 15 aromatic carbocycles. The van der Waals surface area contributed by atoms with Gasteiger partial charge in [-0.3, -0.25) is 0 Å². The van der Waals surface area contributed by atoms with Crippen LogP contribution in [0.4, 0.5) is 0 Å². The topological polar surface area (TPSA) is 0 Å². The smallest absolute Gasteiger partial charge is 0.000740 e. The van der Waals surface area contributed by atoms with Crippen molar-refractivity contribution in [2.24, 2.45) is 0 Å². The molecule has 15 aromatic rings. The zero-order valence-corrected chi connectivity index (χ0v) is 38.1. The van der Waals surface area contributed by atoms with Crippen molar-refractivity contribution in [2.45, 2.75) is 26.2 Å². The molecule has 68 heavy (non-hydrogen) atoms. The van der Waals surface area contributed by atoms with Crippen LogP contribution in [0.2, 0.25) is 0 Å². The summed E-state index contributed by atoms with van der Waals surface area (Å²) in [6.07, 6.45) is 0. The van der Waals surface area contributed by atoms with Gasteiger partial charge in [-0.15, -0.1) is 0 Å². The van der Waals surface area contributed by atoms with E-state index in [1.54, 1.807) is 0 Å². The van der Waals surface area contributed by atoms with Gasteiger partial charge in [0.25, 0.3) is 0 Å². The van der Waals surface area contributed by atoms with Gasteiger partial charge in [0.2, 0.25) is 0 Å². The van der Waals surface area contributed by atoms with Crippen LogP contribution in [-0.2, 0) is 5.41 Å². The molecule has 0 nitrogen and oxygen atoms in total. The fourth-order valence-corrected chi connectivity index (χ4v) is 13.4. The quantitative estimate of drug-likeness (QED) is 0.123. The lowest BCUT2D eigenvalue weighted by molar-refractivity contribution is 0.592. The van der Waals surface area contributed by atoms with Gasteiger partial charge in [0.1, 0.15) is 0 Å². The second kappa shape index (κ2) is 12.8. The third-order valence-electron chi connectivity index (χ3n) is 16.1. The zero-order valence-electron chi connectivity index (χ0n) is 38.1. The summed E-state index contributed by atoms with van der Waals surface area (Å²) in [6, 6.07) is 76.8. The zero-order chi connectivity index (χ0) is 44.7. The molecule has 0 heteroatoms. The van der Waals surface area contributed by atoms with E-state index in [1.807, 2.05) is 0 Å². The predicted octanol–water partition coefficient (Wildman–Crippen LogP) is 19.5. The van der Waals surface area contributed by atoms with E-state index in [4.69, 9.17) is 0 Å². The highest BCUT2D eigenvalue weighted by atomic mass is 14.3. The molecule has 1 aliphatic carbocycles. The van der Waals surface area contributed by atoms with Gasteiger partial charge in [0, 0.05) is 0 Å².